The Labute approximate surface area is 213 Å². The number of hydrogen-bond donors (Lipinski definition) is 2. The Kier molecular flexibility index (Phi) is 7.22. The largest absolute Gasteiger partial charge is 0.527 e. The van der Waals surface area contributed by atoms with Crippen LogP contribution in [0.15, 0.2) is 24.5 Å². The van der Waals surface area contributed by atoms with Gasteiger partial charge in [0.2, 0.25) is 0 Å². The maximum absolute atomic E-state index is 14.2. The second-order valence-electron chi connectivity index (χ2n) is 9.42. The van der Waals surface area contributed by atoms with E-state index in [0.717, 1.165) is 12.8 Å². The van der Waals surface area contributed by atoms with Gasteiger partial charge in [-0.05, 0) is 63.6 Å². The van der Waals surface area contributed by atoms with Gasteiger partial charge in [0.15, 0.2) is 0 Å². The Morgan fingerprint density at radius 1 is 1.19 bits per heavy atom. The van der Waals surface area contributed by atoms with Crippen LogP contribution in [-0.2, 0) is 9.57 Å². The number of carbonyl (C=O) groups is 2. The first-order valence-electron chi connectivity index (χ1n) is 12.6. The minimum absolute atomic E-state index is 0.0918. The Hall–Kier alpha value is -3.73. The van der Waals surface area contributed by atoms with Gasteiger partial charge in [0, 0.05) is 30.4 Å². The molecule has 1 saturated heterocycles. The number of ether oxygens (including phenoxy) is 2. The number of nitrogens with zero attached hydrogens (tertiary/aromatic N) is 3. The fourth-order valence-corrected chi connectivity index (χ4v) is 4.51. The molecule has 0 bridgehead atoms. The molecule has 0 spiro atoms. The molecule has 0 atom stereocenters. The number of hydroxylamine groups is 2. The lowest BCUT2D eigenvalue weighted by atomic mass is 10.1. The number of rotatable bonds is 8. The van der Waals surface area contributed by atoms with Crippen molar-refractivity contribution in [3.05, 3.63) is 41.6 Å². The van der Waals surface area contributed by atoms with Gasteiger partial charge >= 0.3 is 6.16 Å². The number of fused-ring (bicyclic) bond motifs is 1. The number of halogens is 1. The van der Waals surface area contributed by atoms with Crippen molar-refractivity contribution in [1.82, 2.24) is 25.3 Å². The number of H-pyrrole nitrogens is 1. The van der Waals surface area contributed by atoms with Crippen LogP contribution in [0, 0.1) is 18.7 Å². The number of aromatic amines is 1. The van der Waals surface area contributed by atoms with Crippen LogP contribution in [-0.4, -0.2) is 64.4 Å². The van der Waals surface area contributed by atoms with Crippen LogP contribution in [0.3, 0.4) is 0 Å². The summed E-state index contributed by atoms with van der Waals surface area (Å²) in [6.07, 6.45) is 4.15. The summed E-state index contributed by atoms with van der Waals surface area (Å²) in [6.45, 7) is 5.29. The van der Waals surface area contributed by atoms with Crippen molar-refractivity contribution in [3.8, 4) is 17.0 Å². The van der Waals surface area contributed by atoms with Gasteiger partial charge in [0.05, 0.1) is 24.3 Å². The van der Waals surface area contributed by atoms with Crippen LogP contribution in [0.5, 0.6) is 5.75 Å². The number of aryl methyl sites for hydroxylation is 1. The molecule has 0 unspecified atom stereocenters. The quantitative estimate of drug-likeness (QED) is 0.433. The SMILES string of the molecule is CCOC(=O)ON1CCC(NC(=O)c2c(C)[nH]c3c(-c4cc(F)ccc4OCC4CC4)ncnc23)CC1. The number of hydrogen-bond acceptors (Lipinski definition) is 8. The third-order valence-electron chi connectivity index (χ3n) is 6.62. The van der Waals surface area contributed by atoms with Gasteiger partial charge in [-0.2, -0.15) is 0 Å². The van der Waals surface area contributed by atoms with E-state index < -0.39 is 12.0 Å². The molecule has 1 amide bonds. The van der Waals surface area contributed by atoms with E-state index in [1.807, 2.05) is 0 Å². The molecular formula is C26H30FN5O5. The smallest absolute Gasteiger partial charge is 0.493 e. The number of nitrogens with one attached hydrogen (secondary N) is 2. The van der Waals surface area contributed by atoms with Crippen LogP contribution in [0.4, 0.5) is 9.18 Å². The van der Waals surface area contributed by atoms with Gasteiger partial charge in [-0.1, -0.05) is 0 Å². The normalized spacial score (nSPS) is 16.5. The van der Waals surface area contributed by atoms with Gasteiger partial charge in [0.25, 0.3) is 5.91 Å². The summed E-state index contributed by atoms with van der Waals surface area (Å²) < 4.78 is 25.0. The van der Waals surface area contributed by atoms with Crippen molar-refractivity contribution in [2.45, 2.75) is 45.6 Å². The van der Waals surface area contributed by atoms with Crippen molar-refractivity contribution in [1.29, 1.82) is 0 Å². The highest BCUT2D eigenvalue weighted by atomic mass is 19.1. The number of amides is 1. The molecule has 37 heavy (non-hydrogen) atoms. The molecule has 11 heteroatoms. The fraction of sp³-hybridized carbons (Fsp3) is 0.462. The molecule has 3 heterocycles. The summed E-state index contributed by atoms with van der Waals surface area (Å²) in [6, 6.07) is 4.28. The molecule has 1 aliphatic heterocycles. The van der Waals surface area contributed by atoms with E-state index in [-0.39, 0.29) is 18.6 Å². The van der Waals surface area contributed by atoms with E-state index in [9.17, 15) is 14.0 Å². The van der Waals surface area contributed by atoms with Crippen molar-refractivity contribution < 1.29 is 28.3 Å². The topological polar surface area (TPSA) is 119 Å². The Morgan fingerprint density at radius 3 is 2.70 bits per heavy atom. The minimum atomic E-state index is -0.728. The van der Waals surface area contributed by atoms with Crippen molar-refractivity contribution in [2.75, 3.05) is 26.3 Å². The van der Waals surface area contributed by atoms with Gasteiger partial charge < -0.3 is 24.6 Å². The standard InChI is InChI=1S/C26H30FN5O5/c1-3-35-26(34)37-32-10-8-18(9-11-32)31-25(33)21-15(2)30-24-22(28-14-29-23(21)24)19-12-17(27)6-7-20(19)36-13-16-4-5-16/h6-7,12,14,16,18,30H,3-5,8-11,13H2,1-2H3,(H,31,33). The molecule has 2 fully saturated rings. The molecule has 10 nitrogen and oxygen atoms in total. The third-order valence-corrected chi connectivity index (χ3v) is 6.62. The minimum Gasteiger partial charge on any atom is -0.493 e. The van der Waals surface area contributed by atoms with Crippen LogP contribution >= 0.6 is 0 Å². The highest BCUT2D eigenvalue weighted by Crippen LogP contribution is 2.36. The molecule has 1 aromatic carbocycles. The summed E-state index contributed by atoms with van der Waals surface area (Å²) in [4.78, 5) is 42.0. The lowest BCUT2D eigenvalue weighted by molar-refractivity contribution is -0.139. The van der Waals surface area contributed by atoms with Gasteiger partial charge in [-0.25, -0.2) is 19.2 Å². The summed E-state index contributed by atoms with van der Waals surface area (Å²) in [5.74, 6) is 0.418. The second kappa shape index (κ2) is 10.7. The van der Waals surface area contributed by atoms with E-state index in [0.29, 0.717) is 77.8 Å². The predicted molar refractivity (Wildman–Crippen MR) is 132 cm³/mol. The van der Waals surface area contributed by atoms with Gasteiger partial charge in [0.1, 0.15) is 29.1 Å². The first-order chi connectivity index (χ1) is 17.9. The van der Waals surface area contributed by atoms with Gasteiger partial charge in [-0.15, -0.1) is 5.06 Å². The third kappa shape index (κ3) is 5.66. The van der Waals surface area contributed by atoms with Gasteiger partial charge in [-0.3, -0.25) is 4.79 Å². The molecule has 2 N–H and O–H groups in total. The lowest BCUT2D eigenvalue weighted by Crippen LogP contribution is -2.45. The number of carbonyl (C=O) groups excluding carboxylic acids is 2. The zero-order valence-corrected chi connectivity index (χ0v) is 20.9. The maximum atomic E-state index is 14.2. The highest BCUT2D eigenvalue weighted by Gasteiger charge is 2.28. The first-order valence-corrected chi connectivity index (χ1v) is 12.6. The van der Waals surface area contributed by atoms with E-state index in [2.05, 4.69) is 20.3 Å². The summed E-state index contributed by atoms with van der Waals surface area (Å²) in [7, 11) is 0. The molecule has 1 aliphatic carbocycles. The molecule has 3 aromatic rings. The second-order valence-corrected chi connectivity index (χ2v) is 9.42. The fourth-order valence-electron chi connectivity index (χ4n) is 4.51. The summed E-state index contributed by atoms with van der Waals surface area (Å²) in [5, 5.41) is 4.61. The van der Waals surface area contributed by atoms with Crippen LogP contribution < -0.4 is 10.1 Å². The van der Waals surface area contributed by atoms with Crippen LogP contribution in [0.1, 0.15) is 48.7 Å². The van der Waals surface area contributed by atoms with E-state index in [1.165, 1.54) is 18.5 Å². The Bertz CT molecular complexity index is 1300. The molecule has 2 aliphatic rings. The predicted octanol–water partition coefficient (Wildman–Crippen LogP) is 4.14. The van der Waals surface area contributed by atoms with Crippen molar-refractivity contribution >= 4 is 23.1 Å². The summed E-state index contributed by atoms with van der Waals surface area (Å²) in [5.41, 5.74) is 3.04. The molecule has 5 rings (SSSR count). The molecule has 0 radical (unpaired) electrons. The monoisotopic (exact) mass is 511 g/mol. The van der Waals surface area contributed by atoms with Crippen molar-refractivity contribution in [3.63, 3.8) is 0 Å². The maximum Gasteiger partial charge on any atom is 0.527 e. The highest BCUT2D eigenvalue weighted by molar-refractivity contribution is 6.09. The first kappa shape index (κ1) is 24.9. The summed E-state index contributed by atoms with van der Waals surface area (Å²) >= 11 is 0. The zero-order valence-electron chi connectivity index (χ0n) is 20.9. The van der Waals surface area contributed by atoms with Crippen LogP contribution in [0.2, 0.25) is 0 Å². The Balaban J connectivity index is 1.34. The number of benzene rings is 1. The number of piperidine rings is 1. The van der Waals surface area contributed by atoms with Crippen molar-refractivity contribution in [2.24, 2.45) is 5.92 Å². The average Bonchev–Trinajstić information content (AvgIpc) is 3.64. The van der Waals surface area contributed by atoms with E-state index >= 15 is 0 Å². The zero-order chi connectivity index (χ0) is 25.9. The van der Waals surface area contributed by atoms with Crippen LogP contribution in [0.25, 0.3) is 22.3 Å². The molecule has 196 valence electrons. The number of aromatic nitrogens is 3. The lowest BCUT2D eigenvalue weighted by Gasteiger charge is -2.30. The molecule has 2 aromatic heterocycles. The molecule has 1 saturated carbocycles. The Morgan fingerprint density at radius 2 is 1.97 bits per heavy atom. The molecular weight excluding hydrogens is 481 g/mol. The van der Waals surface area contributed by atoms with E-state index in [4.69, 9.17) is 14.3 Å². The van der Waals surface area contributed by atoms with E-state index in [1.54, 1.807) is 25.0 Å². The average molecular weight is 512 g/mol.